The lowest BCUT2D eigenvalue weighted by molar-refractivity contribution is 0.0922. The molecule has 21 heavy (non-hydrogen) atoms. The Bertz CT molecular complexity index is 560. The number of aryl methyl sites for hydroxylation is 1. The van der Waals surface area contributed by atoms with E-state index in [1.54, 1.807) is 6.07 Å². The minimum Gasteiger partial charge on any atom is -0.384 e. The highest BCUT2D eigenvalue weighted by Gasteiger charge is 2.20. The van der Waals surface area contributed by atoms with Crippen molar-refractivity contribution >= 4 is 5.91 Å². The van der Waals surface area contributed by atoms with E-state index in [0.717, 1.165) is 29.9 Å². The zero-order valence-electron chi connectivity index (χ0n) is 12.8. The molecule has 0 aromatic heterocycles. The van der Waals surface area contributed by atoms with Gasteiger partial charge < -0.3 is 10.4 Å². The lowest BCUT2D eigenvalue weighted by Gasteiger charge is -2.27. The predicted molar refractivity (Wildman–Crippen MR) is 84.0 cm³/mol. The van der Waals surface area contributed by atoms with Gasteiger partial charge in [0, 0.05) is 17.2 Å². The van der Waals surface area contributed by atoms with Crippen LogP contribution in [0.1, 0.15) is 54.1 Å². The monoisotopic (exact) mass is 285 g/mol. The number of nitrogens with one attached hydrogen (secondary N) is 1. The number of hydrogen-bond donors (Lipinski definition) is 2. The Morgan fingerprint density at radius 2 is 2.05 bits per heavy atom. The third kappa shape index (κ3) is 4.34. The van der Waals surface area contributed by atoms with Gasteiger partial charge in [0.2, 0.25) is 0 Å². The van der Waals surface area contributed by atoms with Gasteiger partial charge in [-0.2, -0.15) is 0 Å². The summed E-state index contributed by atoms with van der Waals surface area (Å²) >= 11 is 0. The number of aliphatic hydroxyl groups excluding tert-OH is 1. The van der Waals surface area contributed by atoms with Crippen LogP contribution in [0.15, 0.2) is 18.2 Å². The minimum absolute atomic E-state index is 0.0142. The molecule has 1 aliphatic rings. The van der Waals surface area contributed by atoms with E-state index >= 15 is 0 Å². The van der Waals surface area contributed by atoms with Crippen LogP contribution in [0, 0.1) is 24.7 Å². The largest absolute Gasteiger partial charge is 0.384 e. The molecule has 0 atom stereocenters. The van der Waals surface area contributed by atoms with Crippen LogP contribution in [0.5, 0.6) is 0 Å². The predicted octanol–water partition coefficient (Wildman–Crippen LogP) is 2.65. The van der Waals surface area contributed by atoms with Gasteiger partial charge in [-0.15, -0.1) is 0 Å². The van der Waals surface area contributed by atoms with Gasteiger partial charge in [0.1, 0.15) is 6.61 Å². The van der Waals surface area contributed by atoms with E-state index in [-0.39, 0.29) is 12.5 Å². The van der Waals surface area contributed by atoms with Gasteiger partial charge in [0.25, 0.3) is 5.91 Å². The van der Waals surface area contributed by atoms with Crippen LogP contribution in [0.25, 0.3) is 0 Å². The Morgan fingerprint density at radius 3 is 2.71 bits per heavy atom. The zero-order chi connectivity index (χ0) is 15.2. The second kappa shape index (κ2) is 7.28. The fraction of sp³-hybridized carbons (Fsp3) is 0.500. The summed E-state index contributed by atoms with van der Waals surface area (Å²) in [5.41, 5.74) is 2.39. The van der Waals surface area contributed by atoms with Crippen molar-refractivity contribution in [3.63, 3.8) is 0 Å². The highest BCUT2D eigenvalue weighted by atomic mass is 16.2. The molecule has 112 valence electrons. The standard InChI is InChI=1S/C18H23NO2/c1-13-5-9-16(10-6-13)19-18(21)17-12-15(4-3-11-20)8-7-14(17)2/h7-8,12-13,16,20H,5-6,9-11H2,1-2H3,(H,19,21). The Kier molecular flexibility index (Phi) is 5.41. The lowest BCUT2D eigenvalue weighted by atomic mass is 9.87. The summed E-state index contributed by atoms with van der Waals surface area (Å²) in [5, 5.41) is 11.9. The number of amides is 1. The van der Waals surface area contributed by atoms with Crippen molar-refractivity contribution in [2.45, 2.75) is 45.6 Å². The molecule has 0 bridgehead atoms. The van der Waals surface area contributed by atoms with Crippen molar-refractivity contribution in [1.29, 1.82) is 0 Å². The molecule has 0 saturated heterocycles. The Hall–Kier alpha value is -1.79. The Morgan fingerprint density at radius 1 is 1.33 bits per heavy atom. The number of benzene rings is 1. The second-order valence-corrected chi connectivity index (χ2v) is 5.92. The van der Waals surface area contributed by atoms with Crippen LogP contribution in [-0.4, -0.2) is 23.7 Å². The van der Waals surface area contributed by atoms with Gasteiger partial charge in [-0.3, -0.25) is 4.79 Å². The number of carbonyl (C=O) groups is 1. The quantitative estimate of drug-likeness (QED) is 0.821. The SMILES string of the molecule is Cc1ccc(C#CCO)cc1C(=O)NC1CCC(C)CC1. The maximum absolute atomic E-state index is 12.4. The number of carbonyl (C=O) groups excluding carboxylic acids is 1. The van der Waals surface area contributed by atoms with Gasteiger partial charge >= 0.3 is 0 Å². The molecule has 2 rings (SSSR count). The molecular weight excluding hydrogens is 262 g/mol. The van der Waals surface area contributed by atoms with Crippen molar-refractivity contribution in [2.75, 3.05) is 6.61 Å². The Labute approximate surface area is 126 Å². The average molecular weight is 285 g/mol. The molecule has 1 fully saturated rings. The van der Waals surface area contributed by atoms with Crippen LogP contribution in [-0.2, 0) is 0 Å². The van der Waals surface area contributed by atoms with E-state index in [1.165, 1.54) is 12.8 Å². The van der Waals surface area contributed by atoms with Gasteiger partial charge in [0.05, 0.1) is 0 Å². The van der Waals surface area contributed by atoms with Gasteiger partial charge in [-0.25, -0.2) is 0 Å². The van der Waals surface area contributed by atoms with E-state index in [1.807, 2.05) is 19.1 Å². The molecule has 0 heterocycles. The van der Waals surface area contributed by atoms with Gasteiger partial charge in [-0.1, -0.05) is 24.8 Å². The summed E-state index contributed by atoms with van der Waals surface area (Å²) in [6.07, 6.45) is 4.50. The maximum Gasteiger partial charge on any atom is 0.251 e. The van der Waals surface area contributed by atoms with Crippen molar-refractivity contribution in [2.24, 2.45) is 5.92 Å². The third-order valence-electron chi connectivity index (χ3n) is 4.15. The lowest BCUT2D eigenvalue weighted by Crippen LogP contribution is -2.37. The van der Waals surface area contributed by atoms with Crippen LogP contribution in [0.4, 0.5) is 0 Å². The molecule has 3 nitrogen and oxygen atoms in total. The summed E-state index contributed by atoms with van der Waals surface area (Å²) in [5.74, 6) is 6.22. The molecule has 3 heteroatoms. The molecule has 0 spiro atoms. The number of rotatable bonds is 2. The first-order valence-corrected chi connectivity index (χ1v) is 7.61. The Balaban J connectivity index is 2.07. The highest BCUT2D eigenvalue weighted by Crippen LogP contribution is 2.24. The summed E-state index contributed by atoms with van der Waals surface area (Å²) in [4.78, 5) is 12.4. The highest BCUT2D eigenvalue weighted by molar-refractivity contribution is 5.96. The maximum atomic E-state index is 12.4. The normalized spacial score (nSPS) is 21.3. The zero-order valence-corrected chi connectivity index (χ0v) is 12.8. The molecule has 0 unspecified atom stereocenters. The smallest absolute Gasteiger partial charge is 0.251 e. The van der Waals surface area contributed by atoms with Crippen molar-refractivity contribution < 1.29 is 9.90 Å². The summed E-state index contributed by atoms with van der Waals surface area (Å²) in [6.45, 7) is 4.03. The third-order valence-corrected chi connectivity index (χ3v) is 4.15. The molecule has 1 aromatic carbocycles. The number of hydrogen-bond acceptors (Lipinski definition) is 2. The van der Waals surface area contributed by atoms with Crippen LogP contribution >= 0.6 is 0 Å². The number of aliphatic hydroxyl groups is 1. The summed E-state index contributed by atoms with van der Waals surface area (Å²) in [7, 11) is 0. The minimum atomic E-state index is -0.171. The van der Waals surface area contributed by atoms with E-state index < -0.39 is 0 Å². The van der Waals surface area contributed by atoms with E-state index in [4.69, 9.17) is 5.11 Å². The molecule has 1 aliphatic carbocycles. The summed E-state index contributed by atoms with van der Waals surface area (Å²) in [6, 6.07) is 5.87. The molecule has 0 aliphatic heterocycles. The topological polar surface area (TPSA) is 49.3 Å². The molecule has 1 amide bonds. The fourth-order valence-corrected chi connectivity index (χ4v) is 2.75. The van der Waals surface area contributed by atoms with E-state index in [9.17, 15) is 4.79 Å². The average Bonchev–Trinajstić information content (AvgIpc) is 2.48. The first-order valence-electron chi connectivity index (χ1n) is 7.61. The van der Waals surface area contributed by atoms with Crippen molar-refractivity contribution in [3.05, 3.63) is 34.9 Å². The molecule has 2 N–H and O–H groups in total. The first kappa shape index (κ1) is 15.6. The molecule has 1 saturated carbocycles. The fourth-order valence-electron chi connectivity index (χ4n) is 2.75. The molecule has 0 radical (unpaired) electrons. The van der Waals surface area contributed by atoms with Crippen molar-refractivity contribution in [1.82, 2.24) is 5.32 Å². The van der Waals surface area contributed by atoms with Gasteiger partial charge in [0.15, 0.2) is 0 Å². The first-order chi connectivity index (χ1) is 10.1. The molecule has 1 aromatic rings. The van der Waals surface area contributed by atoms with Crippen LogP contribution in [0.3, 0.4) is 0 Å². The van der Waals surface area contributed by atoms with Gasteiger partial charge in [-0.05, 0) is 56.2 Å². The van der Waals surface area contributed by atoms with Crippen LogP contribution < -0.4 is 5.32 Å². The van der Waals surface area contributed by atoms with E-state index in [2.05, 4.69) is 24.1 Å². The van der Waals surface area contributed by atoms with E-state index in [0.29, 0.717) is 11.6 Å². The van der Waals surface area contributed by atoms with Crippen LogP contribution in [0.2, 0.25) is 0 Å². The van der Waals surface area contributed by atoms with Crippen molar-refractivity contribution in [3.8, 4) is 11.8 Å². The summed E-state index contributed by atoms with van der Waals surface area (Å²) < 4.78 is 0. The second-order valence-electron chi connectivity index (χ2n) is 5.92. The molecular formula is C18H23NO2.